The number of aryl methyl sites for hydroxylation is 1. The quantitative estimate of drug-likeness (QED) is 0.741. The van der Waals surface area contributed by atoms with Crippen molar-refractivity contribution in [2.24, 2.45) is 0 Å². The van der Waals surface area contributed by atoms with Crippen molar-refractivity contribution in [3.8, 4) is 0 Å². The fourth-order valence-electron chi connectivity index (χ4n) is 1.64. The third-order valence-corrected chi connectivity index (χ3v) is 2.92. The van der Waals surface area contributed by atoms with Crippen molar-refractivity contribution in [2.75, 3.05) is 0 Å². The Morgan fingerprint density at radius 1 is 1.30 bits per heavy atom. The second kappa shape index (κ2) is 6.91. The zero-order valence-corrected chi connectivity index (χ0v) is 11.5. The SMILES string of the molecule is Cc1cc(Cl)ccc1C(=O)N[C@@H](CCC(=O)O)C(=O)O. The van der Waals surface area contributed by atoms with E-state index in [1.807, 2.05) is 0 Å². The molecule has 0 unspecified atom stereocenters. The Labute approximate surface area is 120 Å². The normalized spacial score (nSPS) is 11.7. The summed E-state index contributed by atoms with van der Waals surface area (Å²) < 4.78 is 0. The lowest BCUT2D eigenvalue weighted by Crippen LogP contribution is -2.41. The lowest BCUT2D eigenvalue weighted by atomic mass is 10.1. The van der Waals surface area contributed by atoms with Crippen LogP contribution in [0.1, 0.15) is 28.8 Å². The molecule has 0 heterocycles. The number of nitrogens with one attached hydrogen (secondary N) is 1. The summed E-state index contributed by atoms with van der Waals surface area (Å²) in [5.41, 5.74) is 0.911. The lowest BCUT2D eigenvalue weighted by Gasteiger charge is -2.14. The second-order valence-electron chi connectivity index (χ2n) is 4.26. The third-order valence-electron chi connectivity index (χ3n) is 2.68. The van der Waals surface area contributed by atoms with Crippen molar-refractivity contribution in [3.63, 3.8) is 0 Å². The van der Waals surface area contributed by atoms with Gasteiger partial charge in [0, 0.05) is 17.0 Å². The zero-order chi connectivity index (χ0) is 15.3. The van der Waals surface area contributed by atoms with Gasteiger partial charge in [0.05, 0.1) is 0 Å². The van der Waals surface area contributed by atoms with Crippen molar-refractivity contribution < 1.29 is 24.6 Å². The minimum atomic E-state index is -1.27. The van der Waals surface area contributed by atoms with E-state index in [0.29, 0.717) is 16.1 Å². The highest BCUT2D eigenvalue weighted by Gasteiger charge is 2.22. The lowest BCUT2D eigenvalue weighted by molar-refractivity contribution is -0.140. The maximum atomic E-state index is 12.0. The molecular formula is C13H14ClNO5. The topological polar surface area (TPSA) is 104 Å². The van der Waals surface area contributed by atoms with Crippen LogP contribution in [0, 0.1) is 6.92 Å². The van der Waals surface area contributed by atoms with Crippen LogP contribution in [0.15, 0.2) is 18.2 Å². The Morgan fingerprint density at radius 2 is 1.95 bits per heavy atom. The van der Waals surface area contributed by atoms with Crippen LogP contribution in [0.5, 0.6) is 0 Å². The van der Waals surface area contributed by atoms with Crippen molar-refractivity contribution in [2.45, 2.75) is 25.8 Å². The van der Waals surface area contributed by atoms with E-state index in [1.54, 1.807) is 13.0 Å². The van der Waals surface area contributed by atoms with Gasteiger partial charge in [0.15, 0.2) is 0 Å². The molecule has 0 spiro atoms. The minimum absolute atomic E-state index is 0.178. The molecule has 0 aromatic heterocycles. The van der Waals surface area contributed by atoms with Crippen molar-refractivity contribution in [3.05, 3.63) is 34.3 Å². The Bertz CT molecular complexity index is 544. The highest BCUT2D eigenvalue weighted by atomic mass is 35.5. The summed E-state index contributed by atoms with van der Waals surface area (Å²) >= 11 is 5.77. The number of amides is 1. The number of aliphatic carboxylic acids is 2. The first-order valence-electron chi connectivity index (χ1n) is 5.83. The molecule has 3 N–H and O–H groups in total. The largest absolute Gasteiger partial charge is 0.481 e. The Hall–Kier alpha value is -2.08. The van der Waals surface area contributed by atoms with Crippen LogP contribution in [0.2, 0.25) is 5.02 Å². The standard InChI is InChI=1S/C13H14ClNO5/c1-7-6-8(14)2-3-9(7)12(18)15-10(13(19)20)4-5-11(16)17/h2-3,6,10H,4-5H2,1H3,(H,15,18)(H,16,17)(H,19,20)/t10-/m0/s1. The fraction of sp³-hybridized carbons (Fsp3) is 0.308. The van der Waals surface area contributed by atoms with E-state index in [2.05, 4.69) is 5.32 Å². The third kappa shape index (κ3) is 4.55. The molecule has 0 aliphatic heterocycles. The molecule has 0 bridgehead atoms. The molecule has 1 atom stereocenters. The number of halogens is 1. The van der Waals surface area contributed by atoms with Crippen LogP contribution in [0.4, 0.5) is 0 Å². The molecule has 0 fully saturated rings. The van der Waals surface area contributed by atoms with Crippen molar-refractivity contribution in [1.29, 1.82) is 0 Å². The van der Waals surface area contributed by atoms with E-state index in [9.17, 15) is 14.4 Å². The molecule has 0 aliphatic rings. The van der Waals surface area contributed by atoms with Gasteiger partial charge in [0.2, 0.25) is 0 Å². The van der Waals surface area contributed by atoms with Gasteiger partial charge < -0.3 is 15.5 Å². The van der Waals surface area contributed by atoms with Gasteiger partial charge in [-0.05, 0) is 37.1 Å². The van der Waals surface area contributed by atoms with Gasteiger partial charge >= 0.3 is 11.9 Å². The zero-order valence-electron chi connectivity index (χ0n) is 10.7. The predicted octanol–water partition coefficient (Wildman–Crippen LogP) is 1.70. The van der Waals surface area contributed by atoms with E-state index in [-0.39, 0.29) is 12.8 Å². The Kier molecular flexibility index (Phi) is 5.52. The van der Waals surface area contributed by atoms with Crippen LogP contribution in [0.3, 0.4) is 0 Å². The molecule has 1 aromatic rings. The van der Waals surface area contributed by atoms with Gasteiger partial charge in [0.25, 0.3) is 5.91 Å². The van der Waals surface area contributed by atoms with Crippen molar-refractivity contribution in [1.82, 2.24) is 5.32 Å². The van der Waals surface area contributed by atoms with E-state index in [4.69, 9.17) is 21.8 Å². The van der Waals surface area contributed by atoms with Crippen molar-refractivity contribution >= 4 is 29.4 Å². The van der Waals surface area contributed by atoms with Gasteiger partial charge in [-0.15, -0.1) is 0 Å². The summed E-state index contributed by atoms with van der Waals surface area (Å²) in [7, 11) is 0. The minimum Gasteiger partial charge on any atom is -0.481 e. The first-order valence-corrected chi connectivity index (χ1v) is 6.20. The molecule has 0 aliphatic carbocycles. The molecule has 1 amide bonds. The number of benzene rings is 1. The molecule has 108 valence electrons. The molecule has 1 aromatic carbocycles. The monoisotopic (exact) mass is 299 g/mol. The number of carbonyl (C=O) groups is 3. The van der Waals surface area contributed by atoms with Crippen LogP contribution in [-0.2, 0) is 9.59 Å². The Balaban J connectivity index is 2.80. The molecule has 6 nitrogen and oxygen atoms in total. The van der Waals surface area contributed by atoms with Gasteiger partial charge in [-0.2, -0.15) is 0 Å². The van der Waals surface area contributed by atoms with E-state index in [1.165, 1.54) is 12.1 Å². The number of hydrogen-bond donors (Lipinski definition) is 3. The number of carboxylic acid groups (broad SMARTS) is 2. The van der Waals surface area contributed by atoms with E-state index in [0.717, 1.165) is 0 Å². The molecule has 7 heteroatoms. The number of rotatable bonds is 6. The molecule has 0 saturated heterocycles. The number of hydrogen-bond acceptors (Lipinski definition) is 3. The summed E-state index contributed by atoms with van der Waals surface area (Å²) in [6.07, 6.45) is -0.514. The summed E-state index contributed by atoms with van der Waals surface area (Å²) in [6.45, 7) is 1.67. The van der Waals surface area contributed by atoms with Gasteiger partial charge in [-0.1, -0.05) is 11.6 Å². The smallest absolute Gasteiger partial charge is 0.326 e. The average molecular weight is 300 g/mol. The summed E-state index contributed by atoms with van der Waals surface area (Å²) in [5.74, 6) is -2.96. The highest BCUT2D eigenvalue weighted by Crippen LogP contribution is 2.15. The molecule has 0 radical (unpaired) electrons. The van der Waals surface area contributed by atoms with Crippen LogP contribution < -0.4 is 5.32 Å². The van der Waals surface area contributed by atoms with Crippen LogP contribution in [0.25, 0.3) is 0 Å². The average Bonchev–Trinajstić information content (AvgIpc) is 2.33. The van der Waals surface area contributed by atoms with Crippen LogP contribution >= 0.6 is 11.6 Å². The van der Waals surface area contributed by atoms with Crippen LogP contribution in [-0.4, -0.2) is 34.1 Å². The van der Waals surface area contributed by atoms with Gasteiger partial charge in [-0.3, -0.25) is 9.59 Å². The molecule has 20 heavy (non-hydrogen) atoms. The summed E-state index contributed by atoms with van der Waals surface area (Å²) in [6, 6.07) is 3.36. The molecule has 1 rings (SSSR count). The van der Waals surface area contributed by atoms with Gasteiger partial charge in [0.1, 0.15) is 6.04 Å². The van der Waals surface area contributed by atoms with Gasteiger partial charge in [-0.25, -0.2) is 4.79 Å². The maximum absolute atomic E-state index is 12.0. The summed E-state index contributed by atoms with van der Waals surface area (Å²) in [4.78, 5) is 33.4. The predicted molar refractivity (Wildman–Crippen MR) is 71.9 cm³/mol. The van der Waals surface area contributed by atoms with E-state index < -0.39 is 23.9 Å². The maximum Gasteiger partial charge on any atom is 0.326 e. The summed E-state index contributed by atoms with van der Waals surface area (Å²) in [5, 5.41) is 20.3. The molecule has 0 saturated carbocycles. The Morgan fingerprint density at radius 3 is 2.45 bits per heavy atom. The first kappa shape index (κ1) is 16.0. The highest BCUT2D eigenvalue weighted by molar-refractivity contribution is 6.30. The first-order chi connectivity index (χ1) is 9.31. The van der Waals surface area contributed by atoms with E-state index >= 15 is 0 Å². The number of carboxylic acids is 2. The molecular weight excluding hydrogens is 286 g/mol. The number of carbonyl (C=O) groups excluding carboxylic acids is 1. The second-order valence-corrected chi connectivity index (χ2v) is 4.69. The fourth-order valence-corrected chi connectivity index (χ4v) is 1.87.